The average Bonchev–Trinajstić information content (AvgIpc) is 3.60. The van der Waals surface area contributed by atoms with Gasteiger partial charge in [-0.2, -0.15) is 0 Å². The van der Waals surface area contributed by atoms with E-state index in [1.54, 1.807) is 0 Å². The summed E-state index contributed by atoms with van der Waals surface area (Å²) in [7, 11) is 0. The van der Waals surface area contributed by atoms with Gasteiger partial charge in [-0.15, -0.1) is 0 Å². The molecule has 51 heavy (non-hydrogen) atoms. The molecule has 2 unspecified atom stereocenters. The first kappa shape index (κ1) is 29.4. The maximum absolute atomic E-state index is 6.70. The maximum atomic E-state index is 6.70. The number of hydrogen-bond acceptors (Lipinski definition) is 4. The van der Waals surface area contributed by atoms with Gasteiger partial charge in [0.25, 0.3) is 0 Å². The molecular weight excluding hydrogens is 623 g/mol. The summed E-state index contributed by atoms with van der Waals surface area (Å²) >= 11 is 0. The molecule has 9 aromatic rings. The fourth-order valence-corrected chi connectivity index (χ4v) is 7.56. The number of nitrogens with zero attached hydrogens (tertiary/aromatic N) is 1. The Morgan fingerprint density at radius 2 is 1.12 bits per heavy atom. The summed E-state index contributed by atoms with van der Waals surface area (Å²) < 4.78 is 6.70. The first-order chi connectivity index (χ1) is 25.2. The third-order valence-electron chi connectivity index (χ3n) is 10.1. The lowest BCUT2D eigenvalue weighted by atomic mass is 9.97. The second-order valence-corrected chi connectivity index (χ2v) is 13.2. The number of hydrogen-bond donors (Lipinski definition) is 2. The van der Waals surface area contributed by atoms with Crippen LogP contribution < -0.4 is 10.6 Å². The topological polar surface area (TPSA) is 49.6 Å². The number of furan rings is 1. The number of nitrogens with one attached hydrogen (secondary N) is 2. The van der Waals surface area contributed by atoms with Crippen LogP contribution in [0.15, 0.2) is 185 Å². The van der Waals surface area contributed by atoms with Gasteiger partial charge in [0.1, 0.15) is 29.3 Å². The maximum Gasteiger partial charge on any atom is 0.143 e. The highest BCUT2D eigenvalue weighted by atomic mass is 16.3. The highest BCUT2D eigenvalue weighted by Gasteiger charge is 2.28. The van der Waals surface area contributed by atoms with Gasteiger partial charge in [0.15, 0.2) is 0 Å². The molecule has 1 aromatic heterocycles. The van der Waals surface area contributed by atoms with E-state index in [1.807, 2.05) is 6.07 Å². The summed E-state index contributed by atoms with van der Waals surface area (Å²) in [5.41, 5.74) is 9.60. The molecule has 0 radical (unpaired) electrons. The van der Waals surface area contributed by atoms with Crippen LogP contribution in [0.25, 0.3) is 65.7 Å². The smallest absolute Gasteiger partial charge is 0.143 e. The number of rotatable bonds is 5. The van der Waals surface area contributed by atoms with Crippen LogP contribution in [-0.2, 0) is 0 Å². The molecule has 0 amide bonds. The number of para-hydroxylation sites is 1. The zero-order chi connectivity index (χ0) is 33.7. The van der Waals surface area contributed by atoms with Gasteiger partial charge in [0.2, 0.25) is 0 Å². The molecule has 4 heteroatoms. The van der Waals surface area contributed by atoms with E-state index in [1.165, 1.54) is 32.7 Å². The molecule has 0 aliphatic carbocycles. The van der Waals surface area contributed by atoms with E-state index in [-0.39, 0.29) is 12.3 Å². The molecule has 1 aliphatic heterocycles. The highest BCUT2D eigenvalue weighted by molar-refractivity contribution is 6.12. The first-order valence-corrected chi connectivity index (χ1v) is 17.4. The van der Waals surface area contributed by atoms with Crippen molar-refractivity contribution < 1.29 is 4.42 Å². The largest absolute Gasteiger partial charge is 0.455 e. The monoisotopic (exact) mass is 655 g/mol. The van der Waals surface area contributed by atoms with E-state index in [9.17, 15) is 0 Å². The minimum atomic E-state index is -0.241. The number of amidine groups is 1. The van der Waals surface area contributed by atoms with Gasteiger partial charge >= 0.3 is 0 Å². The molecule has 2 heterocycles. The van der Waals surface area contributed by atoms with E-state index < -0.39 is 0 Å². The van der Waals surface area contributed by atoms with Crippen LogP contribution in [0.4, 0.5) is 0 Å². The fraction of sp³-hybridized carbons (Fsp3) is 0.0426. The van der Waals surface area contributed by atoms with E-state index in [0.717, 1.165) is 55.6 Å². The Balaban J connectivity index is 1.05. The van der Waals surface area contributed by atoms with Crippen molar-refractivity contribution >= 4 is 49.3 Å². The second-order valence-electron chi connectivity index (χ2n) is 13.2. The molecule has 0 saturated heterocycles. The van der Waals surface area contributed by atoms with Crippen LogP contribution in [-0.4, -0.2) is 5.84 Å². The lowest BCUT2D eigenvalue weighted by Gasteiger charge is -2.32. The fourth-order valence-electron chi connectivity index (χ4n) is 7.56. The molecule has 10 rings (SSSR count). The van der Waals surface area contributed by atoms with Crippen molar-refractivity contribution in [2.45, 2.75) is 12.3 Å². The quantitative estimate of drug-likeness (QED) is 0.194. The van der Waals surface area contributed by atoms with Crippen molar-refractivity contribution in [3.63, 3.8) is 0 Å². The van der Waals surface area contributed by atoms with E-state index in [2.05, 4.69) is 180 Å². The predicted octanol–water partition coefficient (Wildman–Crippen LogP) is 11.6. The molecule has 0 spiro atoms. The molecule has 242 valence electrons. The molecule has 0 fully saturated rings. The molecular formula is C47H33N3O. The summed E-state index contributed by atoms with van der Waals surface area (Å²) in [5, 5.41) is 14.7. The molecule has 1 aliphatic rings. The van der Waals surface area contributed by atoms with Crippen LogP contribution >= 0.6 is 0 Å². The van der Waals surface area contributed by atoms with Gasteiger partial charge in [0.05, 0.1) is 0 Å². The van der Waals surface area contributed by atoms with Crippen molar-refractivity contribution in [3.8, 4) is 22.3 Å². The van der Waals surface area contributed by atoms with Crippen molar-refractivity contribution in [1.82, 2.24) is 10.6 Å². The number of benzene rings is 8. The molecule has 0 bridgehead atoms. The summed E-state index contributed by atoms with van der Waals surface area (Å²) in [4.78, 5) is 5.22. The van der Waals surface area contributed by atoms with Crippen LogP contribution in [0.1, 0.15) is 29.0 Å². The Morgan fingerprint density at radius 3 is 1.88 bits per heavy atom. The standard InChI is InChI=1S/C47H33N3O/c1-2-12-33(13-3-1)45-48-46(34-24-20-32(21-25-34)37-26-22-30-10-4-6-14-35(30)28-37)50-47(49-45)41-18-9-19-42-43(41)40-17-8-16-39(44(40)51-42)38-27-23-31-11-5-7-15-36(31)29-38/h1-29,45,47,49H,(H,48,50). The Labute approximate surface area is 295 Å². The van der Waals surface area contributed by atoms with Gasteiger partial charge in [0, 0.05) is 27.5 Å². The predicted molar refractivity (Wildman–Crippen MR) is 211 cm³/mol. The Hall–Kier alpha value is -6.49. The van der Waals surface area contributed by atoms with Gasteiger partial charge in [-0.1, -0.05) is 158 Å². The third-order valence-corrected chi connectivity index (χ3v) is 10.1. The molecule has 8 aromatic carbocycles. The van der Waals surface area contributed by atoms with Gasteiger partial charge in [-0.25, -0.2) is 4.99 Å². The average molecular weight is 656 g/mol. The SMILES string of the molecule is c1ccc(C2N=C(c3ccc(-c4ccc5ccccc5c4)cc3)NC(c3cccc4oc5c(-c6ccc7ccccc7c6)cccc5c34)N2)cc1. The molecule has 2 N–H and O–H groups in total. The Morgan fingerprint density at radius 1 is 0.490 bits per heavy atom. The second kappa shape index (κ2) is 12.1. The Bertz CT molecular complexity index is 2760. The van der Waals surface area contributed by atoms with E-state index in [4.69, 9.17) is 9.41 Å². The molecule has 2 atom stereocenters. The number of aliphatic imine (C=N–C) groups is 1. The van der Waals surface area contributed by atoms with Gasteiger partial charge in [-0.3, -0.25) is 5.32 Å². The highest BCUT2D eigenvalue weighted by Crippen LogP contribution is 2.40. The lowest BCUT2D eigenvalue weighted by Crippen LogP contribution is -2.45. The van der Waals surface area contributed by atoms with Gasteiger partial charge in [-0.05, 0) is 62.0 Å². The minimum absolute atomic E-state index is 0.225. The van der Waals surface area contributed by atoms with Crippen molar-refractivity contribution in [2.75, 3.05) is 0 Å². The summed E-state index contributed by atoms with van der Waals surface area (Å²) in [6.45, 7) is 0. The summed E-state index contributed by atoms with van der Waals surface area (Å²) in [5.74, 6) is 0.847. The zero-order valence-corrected chi connectivity index (χ0v) is 27.8. The summed E-state index contributed by atoms with van der Waals surface area (Å²) in [6, 6.07) is 62.2. The number of fused-ring (bicyclic) bond motifs is 5. The summed E-state index contributed by atoms with van der Waals surface area (Å²) in [6.07, 6.45) is -0.467. The normalized spacial score (nSPS) is 16.0. The van der Waals surface area contributed by atoms with Crippen LogP contribution in [0.5, 0.6) is 0 Å². The van der Waals surface area contributed by atoms with E-state index >= 15 is 0 Å². The van der Waals surface area contributed by atoms with Crippen LogP contribution in [0.2, 0.25) is 0 Å². The van der Waals surface area contributed by atoms with Crippen molar-refractivity contribution in [2.24, 2.45) is 4.99 Å². The molecule has 4 nitrogen and oxygen atoms in total. The molecule has 0 saturated carbocycles. The zero-order valence-electron chi connectivity index (χ0n) is 27.8. The van der Waals surface area contributed by atoms with Crippen LogP contribution in [0, 0.1) is 0 Å². The first-order valence-electron chi connectivity index (χ1n) is 17.4. The van der Waals surface area contributed by atoms with Crippen LogP contribution in [0.3, 0.4) is 0 Å². The lowest BCUT2D eigenvalue weighted by molar-refractivity contribution is 0.411. The van der Waals surface area contributed by atoms with Gasteiger partial charge < -0.3 is 9.73 Å². The van der Waals surface area contributed by atoms with E-state index in [0.29, 0.717) is 0 Å². The third kappa shape index (κ3) is 5.25. The Kier molecular flexibility index (Phi) is 7.00. The van der Waals surface area contributed by atoms with Crippen molar-refractivity contribution in [1.29, 1.82) is 0 Å². The van der Waals surface area contributed by atoms with Crippen molar-refractivity contribution in [3.05, 3.63) is 193 Å². The minimum Gasteiger partial charge on any atom is -0.455 e.